The Morgan fingerprint density at radius 2 is 1.88 bits per heavy atom. The molecule has 1 heterocycles. The van der Waals surface area contributed by atoms with Crippen LogP contribution >= 0.6 is 0 Å². The number of hydrogen-bond acceptors (Lipinski definition) is 5. The van der Waals surface area contributed by atoms with Crippen molar-refractivity contribution >= 4 is 17.4 Å². The minimum atomic E-state index is -0.290. The molecule has 128 valence electrons. The molecule has 2 aromatic rings. The van der Waals surface area contributed by atoms with Crippen LogP contribution in [-0.4, -0.2) is 21.9 Å². The third-order valence-corrected chi connectivity index (χ3v) is 4.30. The van der Waals surface area contributed by atoms with Crippen molar-refractivity contribution < 1.29 is 4.79 Å². The standard InChI is InChI=1S/C19H21N5O/c1-13-21-17(11-18(22-13)23-15-5-3-2-4-6-15)19(25)24-16-9-7-14(12-20)8-10-16/h7-11,15H,2-6H2,1H3,(H,24,25)(H,21,22,23). The first-order valence-electron chi connectivity index (χ1n) is 8.58. The Morgan fingerprint density at radius 3 is 2.56 bits per heavy atom. The minimum Gasteiger partial charge on any atom is -0.367 e. The Balaban J connectivity index is 1.71. The summed E-state index contributed by atoms with van der Waals surface area (Å²) >= 11 is 0. The molecule has 1 aromatic heterocycles. The summed E-state index contributed by atoms with van der Waals surface area (Å²) in [5.74, 6) is 0.970. The van der Waals surface area contributed by atoms with E-state index >= 15 is 0 Å². The zero-order valence-electron chi connectivity index (χ0n) is 14.2. The fourth-order valence-electron chi connectivity index (χ4n) is 3.04. The molecule has 0 aliphatic heterocycles. The lowest BCUT2D eigenvalue weighted by molar-refractivity contribution is 0.102. The van der Waals surface area contributed by atoms with Gasteiger partial charge in [-0.1, -0.05) is 19.3 Å². The number of nitriles is 1. The number of rotatable bonds is 4. The van der Waals surface area contributed by atoms with E-state index in [0.717, 1.165) is 12.8 Å². The van der Waals surface area contributed by atoms with Gasteiger partial charge in [-0.3, -0.25) is 4.79 Å². The van der Waals surface area contributed by atoms with Gasteiger partial charge in [0.15, 0.2) is 0 Å². The number of aryl methyl sites for hydroxylation is 1. The van der Waals surface area contributed by atoms with E-state index in [-0.39, 0.29) is 5.91 Å². The summed E-state index contributed by atoms with van der Waals surface area (Å²) in [5.41, 5.74) is 1.51. The second-order valence-corrected chi connectivity index (χ2v) is 6.31. The summed E-state index contributed by atoms with van der Waals surface area (Å²) in [4.78, 5) is 21.1. The van der Waals surface area contributed by atoms with Gasteiger partial charge >= 0.3 is 0 Å². The third-order valence-electron chi connectivity index (χ3n) is 4.30. The smallest absolute Gasteiger partial charge is 0.274 e. The predicted molar refractivity (Wildman–Crippen MR) is 96.4 cm³/mol. The Kier molecular flexibility index (Phi) is 5.24. The Hall–Kier alpha value is -2.94. The lowest BCUT2D eigenvalue weighted by Crippen LogP contribution is -2.24. The zero-order chi connectivity index (χ0) is 17.6. The van der Waals surface area contributed by atoms with Crippen molar-refractivity contribution in [3.05, 3.63) is 47.4 Å². The van der Waals surface area contributed by atoms with Gasteiger partial charge in [0.2, 0.25) is 0 Å². The van der Waals surface area contributed by atoms with Crippen molar-refractivity contribution in [2.45, 2.75) is 45.1 Å². The topological polar surface area (TPSA) is 90.7 Å². The van der Waals surface area contributed by atoms with E-state index < -0.39 is 0 Å². The molecule has 1 fully saturated rings. The van der Waals surface area contributed by atoms with Gasteiger partial charge < -0.3 is 10.6 Å². The van der Waals surface area contributed by atoms with Crippen LogP contribution in [0, 0.1) is 18.3 Å². The monoisotopic (exact) mass is 335 g/mol. The lowest BCUT2D eigenvalue weighted by Gasteiger charge is -2.23. The SMILES string of the molecule is Cc1nc(NC2CCCCC2)cc(C(=O)Nc2ccc(C#N)cc2)n1. The van der Waals surface area contributed by atoms with Gasteiger partial charge in [-0.05, 0) is 44.0 Å². The number of benzene rings is 1. The molecule has 2 N–H and O–H groups in total. The number of carbonyl (C=O) groups is 1. The Labute approximate surface area is 147 Å². The molecule has 6 nitrogen and oxygen atoms in total. The maximum absolute atomic E-state index is 12.5. The first-order chi connectivity index (χ1) is 12.1. The summed E-state index contributed by atoms with van der Waals surface area (Å²) in [7, 11) is 0. The molecule has 1 aliphatic rings. The fraction of sp³-hybridized carbons (Fsp3) is 0.368. The molecular weight excluding hydrogens is 314 g/mol. The highest BCUT2D eigenvalue weighted by Crippen LogP contribution is 2.21. The quantitative estimate of drug-likeness (QED) is 0.890. The maximum atomic E-state index is 12.5. The summed E-state index contributed by atoms with van der Waals surface area (Å²) in [6.07, 6.45) is 6.02. The van der Waals surface area contributed by atoms with E-state index in [4.69, 9.17) is 5.26 Å². The van der Waals surface area contributed by atoms with E-state index in [1.165, 1.54) is 19.3 Å². The molecule has 0 unspecified atom stereocenters. The second kappa shape index (κ2) is 7.75. The minimum absolute atomic E-state index is 0.290. The largest absolute Gasteiger partial charge is 0.367 e. The summed E-state index contributed by atoms with van der Waals surface area (Å²) in [5, 5.41) is 15.1. The van der Waals surface area contributed by atoms with Gasteiger partial charge in [0.05, 0.1) is 11.6 Å². The normalized spacial score (nSPS) is 14.6. The van der Waals surface area contributed by atoms with Gasteiger partial charge in [-0.25, -0.2) is 9.97 Å². The lowest BCUT2D eigenvalue weighted by atomic mass is 9.95. The molecule has 0 atom stereocenters. The van der Waals surface area contributed by atoms with E-state index in [0.29, 0.717) is 34.6 Å². The molecule has 25 heavy (non-hydrogen) atoms. The summed E-state index contributed by atoms with van der Waals surface area (Å²) in [6, 6.07) is 10.9. The summed E-state index contributed by atoms with van der Waals surface area (Å²) in [6.45, 7) is 1.78. The van der Waals surface area contributed by atoms with Crippen molar-refractivity contribution in [3.8, 4) is 6.07 Å². The van der Waals surface area contributed by atoms with Crippen molar-refractivity contribution in [2.24, 2.45) is 0 Å². The highest BCUT2D eigenvalue weighted by Gasteiger charge is 2.16. The highest BCUT2D eigenvalue weighted by atomic mass is 16.1. The Bertz CT molecular complexity index is 788. The van der Waals surface area contributed by atoms with Crippen LogP contribution in [0.5, 0.6) is 0 Å². The average Bonchev–Trinajstić information content (AvgIpc) is 2.62. The van der Waals surface area contributed by atoms with Gasteiger partial charge in [0.1, 0.15) is 17.3 Å². The molecule has 0 bridgehead atoms. The average molecular weight is 335 g/mol. The molecule has 1 saturated carbocycles. The number of hydrogen-bond donors (Lipinski definition) is 2. The molecule has 0 spiro atoms. The predicted octanol–water partition coefficient (Wildman–Crippen LogP) is 3.65. The molecule has 1 amide bonds. The number of nitrogens with one attached hydrogen (secondary N) is 2. The van der Waals surface area contributed by atoms with Crippen LogP contribution < -0.4 is 10.6 Å². The van der Waals surface area contributed by atoms with Crippen molar-refractivity contribution in [1.29, 1.82) is 5.26 Å². The number of aromatic nitrogens is 2. The molecule has 0 radical (unpaired) electrons. The van der Waals surface area contributed by atoms with Crippen molar-refractivity contribution in [1.82, 2.24) is 9.97 Å². The van der Waals surface area contributed by atoms with Crippen LogP contribution in [0.25, 0.3) is 0 Å². The van der Waals surface area contributed by atoms with Crippen LogP contribution in [-0.2, 0) is 0 Å². The van der Waals surface area contributed by atoms with Crippen molar-refractivity contribution in [2.75, 3.05) is 10.6 Å². The molecule has 6 heteroatoms. The van der Waals surface area contributed by atoms with Gasteiger partial charge in [-0.2, -0.15) is 5.26 Å². The van der Waals surface area contributed by atoms with E-state index in [1.807, 2.05) is 0 Å². The van der Waals surface area contributed by atoms with Crippen molar-refractivity contribution in [3.63, 3.8) is 0 Å². The maximum Gasteiger partial charge on any atom is 0.274 e. The number of anilines is 2. The molecule has 1 aliphatic carbocycles. The number of amides is 1. The number of nitrogens with zero attached hydrogens (tertiary/aromatic N) is 3. The molecule has 1 aromatic carbocycles. The van der Waals surface area contributed by atoms with Gasteiger partial charge in [0, 0.05) is 17.8 Å². The van der Waals surface area contributed by atoms with Crippen LogP contribution in [0.2, 0.25) is 0 Å². The summed E-state index contributed by atoms with van der Waals surface area (Å²) < 4.78 is 0. The molecule has 3 rings (SSSR count). The molecular formula is C19H21N5O. The highest BCUT2D eigenvalue weighted by molar-refractivity contribution is 6.03. The van der Waals surface area contributed by atoms with Crippen LogP contribution in [0.1, 0.15) is 54.0 Å². The third kappa shape index (κ3) is 4.54. The molecule has 0 saturated heterocycles. The second-order valence-electron chi connectivity index (χ2n) is 6.31. The van der Waals surface area contributed by atoms with Gasteiger partial charge in [0.25, 0.3) is 5.91 Å². The van der Waals surface area contributed by atoms with Crippen LogP contribution in [0.15, 0.2) is 30.3 Å². The van der Waals surface area contributed by atoms with Crippen LogP contribution in [0.3, 0.4) is 0 Å². The zero-order valence-corrected chi connectivity index (χ0v) is 14.2. The van der Waals surface area contributed by atoms with E-state index in [1.54, 1.807) is 37.3 Å². The first kappa shape index (κ1) is 16.9. The van der Waals surface area contributed by atoms with Crippen LogP contribution in [0.4, 0.5) is 11.5 Å². The fourth-order valence-corrected chi connectivity index (χ4v) is 3.04. The van der Waals surface area contributed by atoms with Gasteiger partial charge in [-0.15, -0.1) is 0 Å². The first-order valence-corrected chi connectivity index (χ1v) is 8.58. The number of carbonyl (C=O) groups excluding carboxylic acids is 1. The Morgan fingerprint density at radius 1 is 1.16 bits per heavy atom. The van der Waals surface area contributed by atoms with E-state index in [9.17, 15) is 4.79 Å². The van der Waals surface area contributed by atoms with E-state index in [2.05, 4.69) is 26.7 Å².